The fourth-order valence-corrected chi connectivity index (χ4v) is 1.60. The molecule has 1 atom stereocenters. The standard InChI is InChI=1S/C14H24N2O2/c1-14(2,3)18-10-12(16-15)8-11-6-5-7-13(9-11)17-4/h5-7,9,12,16H,8,10,15H2,1-4H3. The summed E-state index contributed by atoms with van der Waals surface area (Å²) in [7, 11) is 1.67. The van der Waals surface area contributed by atoms with Crippen molar-refractivity contribution in [3.8, 4) is 5.75 Å². The average Bonchev–Trinajstić information content (AvgIpc) is 2.33. The summed E-state index contributed by atoms with van der Waals surface area (Å²) in [5.41, 5.74) is 3.82. The number of methoxy groups -OCH3 is 1. The molecule has 0 aliphatic carbocycles. The molecule has 0 spiro atoms. The Bertz CT molecular complexity index is 361. The third-order valence-corrected chi connectivity index (χ3v) is 2.57. The molecule has 3 N–H and O–H groups in total. The summed E-state index contributed by atoms with van der Waals surface area (Å²) in [5, 5.41) is 0. The lowest BCUT2D eigenvalue weighted by Gasteiger charge is -2.24. The second-order valence-corrected chi connectivity index (χ2v) is 5.34. The number of hydrazine groups is 1. The SMILES string of the molecule is COc1cccc(CC(COC(C)(C)C)NN)c1. The van der Waals surface area contributed by atoms with E-state index in [9.17, 15) is 0 Å². The maximum absolute atomic E-state index is 5.74. The number of hydrogen-bond donors (Lipinski definition) is 2. The van der Waals surface area contributed by atoms with E-state index in [1.165, 1.54) is 5.56 Å². The van der Waals surface area contributed by atoms with Crippen LogP contribution in [0.1, 0.15) is 26.3 Å². The second-order valence-electron chi connectivity index (χ2n) is 5.34. The minimum atomic E-state index is -0.149. The minimum absolute atomic E-state index is 0.0938. The van der Waals surface area contributed by atoms with Gasteiger partial charge >= 0.3 is 0 Å². The Hall–Kier alpha value is -1.10. The Balaban J connectivity index is 2.56. The molecule has 0 aromatic heterocycles. The van der Waals surface area contributed by atoms with Crippen LogP contribution in [-0.4, -0.2) is 25.4 Å². The lowest BCUT2D eigenvalue weighted by Crippen LogP contribution is -2.42. The van der Waals surface area contributed by atoms with Gasteiger partial charge in [0, 0.05) is 6.04 Å². The maximum atomic E-state index is 5.74. The van der Waals surface area contributed by atoms with Gasteiger partial charge in [-0.15, -0.1) is 0 Å². The highest BCUT2D eigenvalue weighted by atomic mass is 16.5. The van der Waals surface area contributed by atoms with Gasteiger partial charge in [-0.3, -0.25) is 11.3 Å². The summed E-state index contributed by atoms with van der Waals surface area (Å²) < 4.78 is 10.9. The lowest BCUT2D eigenvalue weighted by molar-refractivity contribution is -0.0143. The fraction of sp³-hybridized carbons (Fsp3) is 0.571. The van der Waals surface area contributed by atoms with Gasteiger partial charge in [-0.05, 0) is 44.9 Å². The molecular weight excluding hydrogens is 228 g/mol. The highest BCUT2D eigenvalue weighted by Crippen LogP contribution is 2.15. The predicted octanol–water partition coefficient (Wildman–Crippen LogP) is 1.88. The molecule has 1 rings (SSSR count). The van der Waals surface area contributed by atoms with E-state index in [-0.39, 0.29) is 11.6 Å². The number of hydrogen-bond acceptors (Lipinski definition) is 4. The number of ether oxygens (including phenoxy) is 2. The van der Waals surface area contributed by atoms with Gasteiger partial charge in [-0.1, -0.05) is 12.1 Å². The van der Waals surface area contributed by atoms with Gasteiger partial charge < -0.3 is 9.47 Å². The van der Waals surface area contributed by atoms with E-state index in [2.05, 4.69) is 11.5 Å². The van der Waals surface area contributed by atoms with Crippen LogP contribution < -0.4 is 16.0 Å². The molecule has 1 aromatic carbocycles. The molecule has 4 heteroatoms. The zero-order chi connectivity index (χ0) is 13.6. The van der Waals surface area contributed by atoms with Gasteiger partial charge in [0.2, 0.25) is 0 Å². The summed E-state index contributed by atoms with van der Waals surface area (Å²) >= 11 is 0. The Labute approximate surface area is 109 Å². The van der Waals surface area contributed by atoms with Crippen molar-refractivity contribution in [3.63, 3.8) is 0 Å². The second kappa shape index (κ2) is 6.73. The molecule has 0 radical (unpaired) electrons. The molecule has 0 amide bonds. The monoisotopic (exact) mass is 252 g/mol. The number of rotatable bonds is 6. The molecule has 0 saturated heterocycles. The summed E-state index contributed by atoms with van der Waals surface area (Å²) in [4.78, 5) is 0. The van der Waals surface area contributed by atoms with Crippen molar-refractivity contribution >= 4 is 0 Å². The van der Waals surface area contributed by atoms with Gasteiger partial charge in [-0.2, -0.15) is 0 Å². The Morgan fingerprint density at radius 2 is 2.06 bits per heavy atom. The van der Waals surface area contributed by atoms with Crippen molar-refractivity contribution in [3.05, 3.63) is 29.8 Å². The molecule has 0 aliphatic rings. The van der Waals surface area contributed by atoms with E-state index in [1.807, 2.05) is 39.0 Å². The van der Waals surface area contributed by atoms with Crippen molar-refractivity contribution in [2.75, 3.05) is 13.7 Å². The third-order valence-electron chi connectivity index (χ3n) is 2.57. The zero-order valence-corrected chi connectivity index (χ0v) is 11.7. The van der Waals surface area contributed by atoms with Gasteiger partial charge in [-0.25, -0.2) is 0 Å². The zero-order valence-electron chi connectivity index (χ0n) is 11.7. The van der Waals surface area contributed by atoms with Crippen LogP contribution in [-0.2, 0) is 11.2 Å². The molecule has 0 saturated carbocycles. The number of benzene rings is 1. The van der Waals surface area contributed by atoms with Crippen molar-refractivity contribution < 1.29 is 9.47 Å². The number of nitrogens with two attached hydrogens (primary N) is 1. The Morgan fingerprint density at radius 1 is 1.33 bits per heavy atom. The molecule has 102 valence electrons. The molecule has 0 bridgehead atoms. The van der Waals surface area contributed by atoms with Gasteiger partial charge in [0.1, 0.15) is 5.75 Å². The van der Waals surface area contributed by atoms with Crippen LogP contribution in [0.25, 0.3) is 0 Å². The van der Waals surface area contributed by atoms with Crippen LogP contribution in [0, 0.1) is 0 Å². The van der Waals surface area contributed by atoms with Crippen LogP contribution in [0.3, 0.4) is 0 Å². The van der Waals surface area contributed by atoms with Gasteiger partial charge in [0.15, 0.2) is 0 Å². The predicted molar refractivity (Wildman–Crippen MR) is 73.5 cm³/mol. The van der Waals surface area contributed by atoms with Crippen LogP contribution >= 0.6 is 0 Å². The van der Waals surface area contributed by atoms with Gasteiger partial charge in [0.25, 0.3) is 0 Å². The van der Waals surface area contributed by atoms with E-state index in [0.717, 1.165) is 12.2 Å². The molecule has 1 unspecified atom stereocenters. The molecule has 0 aliphatic heterocycles. The van der Waals surface area contributed by atoms with E-state index < -0.39 is 0 Å². The molecular formula is C14H24N2O2. The molecule has 4 nitrogen and oxygen atoms in total. The molecule has 0 fully saturated rings. The first-order chi connectivity index (χ1) is 8.44. The van der Waals surface area contributed by atoms with Crippen molar-refractivity contribution in [2.24, 2.45) is 5.84 Å². The minimum Gasteiger partial charge on any atom is -0.497 e. The van der Waals surface area contributed by atoms with Crippen LogP contribution in [0.2, 0.25) is 0 Å². The smallest absolute Gasteiger partial charge is 0.119 e. The maximum Gasteiger partial charge on any atom is 0.119 e. The van der Waals surface area contributed by atoms with Crippen molar-refractivity contribution in [1.29, 1.82) is 0 Å². The summed E-state index contributed by atoms with van der Waals surface area (Å²) in [6, 6.07) is 8.08. The average molecular weight is 252 g/mol. The van der Waals surface area contributed by atoms with Crippen LogP contribution in [0.5, 0.6) is 5.75 Å². The summed E-state index contributed by atoms with van der Waals surface area (Å²) in [6.45, 7) is 6.68. The van der Waals surface area contributed by atoms with E-state index in [0.29, 0.717) is 6.61 Å². The molecule has 0 heterocycles. The fourth-order valence-electron chi connectivity index (χ4n) is 1.60. The Morgan fingerprint density at radius 3 is 2.61 bits per heavy atom. The lowest BCUT2D eigenvalue weighted by atomic mass is 10.1. The topological polar surface area (TPSA) is 56.5 Å². The van der Waals surface area contributed by atoms with E-state index >= 15 is 0 Å². The first-order valence-electron chi connectivity index (χ1n) is 6.17. The highest BCUT2D eigenvalue weighted by molar-refractivity contribution is 5.28. The van der Waals surface area contributed by atoms with E-state index in [1.54, 1.807) is 7.11 Å². The third kappa shape index (κ3) is 5.49. The Kier molecular flexibility index (Phi) is 5.59. The molecule has 1 aromatic rings. The normalized spacial score (nSPS) is 13.4. The summed E-state index contributed by atoms with van der Waals surface area (Å²) in [5.74, 6) is 6.42. The van der Waals surface area contributed by atoms with Crippen molar-refractivity contribution in [1.82, 2.24) is 5.43 Å². The largest absolute Gasteiger partial charge is 0.497 e. The van der Waals surface area contributed by atoms with Gasteiger partial charge in [0.05, 0.1) is 19.3 Å². The first-order valence-corrected chi connectivity index (χ1v) is 6.17. The number of nitrogens with one attached hydrogen (secondary N) is 1. The molecule has 18 heavy (non-hydrogen) atoms. The van der Waals surface area contributed by atoms with Crippen LogP contribution in [0.15, 0.2) is 24.3 Å². The highest BCUT2D eigenvalue weighted by Gasteiger charge is 2.15. The quantitative estimate of drug-likeness (QED) is 0.599. The summed E-state index contributed by atoms with van der Waals surface area (Å²) in [6.07, 6.45) is 0.809. The van der Waals surface area contributed by atoms with E-state index in [4.69, 9.17) is 15.3 Å². The first kappa shape index (κ1) is 15.0. The van der Waals surface area contributed by atoms with Crippen molar-refractivity contribution in [2.45, 2.75) is 38.8 Å². The van der Waals surface area contributed by atoms with Crippen LogP contribution in [0.4, 0.5) is 0 Å².